The van der Waals surface area contributed by atoms with Gasteiger partial charge in [0.05, 0.1) is 16.2 Å². The zero-order valence-corrected chi connectivity index (χ0v) is 22.9. The second kappa shape index (κ2) is 10.9. The van der Waals surface area contributed by atoms with Crippen LogP contribution in [-0.4, -0.2) is 39.8 Å². The summed E-state index contributed by atoms with van der Waals surface area (Å²) in [6, 6.07) is 17.4. The normalized spacial score (nSPS) is 16.9. The number of hydrogen-bond acceptors (Lipinski definition) is 5. The largest absolute Gasteiger partial charge is 0.416 e. The van der Waals surface area contributed by atoms with Gasteiger partial charge in [0.25, 0.3) is 5.91 Å². The van der Waals surface area contributed by atoms with E-state index >= 15 is 0 Å². The van der Waals surface area contributed by atoms with Crippen LogP contribution in [0.4, 0.5) is 18.9 Å². The van der Waals surface area contributed by atoms with E-state index in [0.717, 1.165) is 41.7 Å². The molecule has 0 atom stereocenters. The maximum Gasteiger partial charge on any atom is 0.416 e. The van der Waals surface area contributed by atoms with E-state index in [0.29, 0.717) is 37.6 Å². The molecular formula is C30H31F3N2O4S. The standard InChI is InChI=1S/C30H31F3N2O4S/c1-2-40(37,38)26-10-3-21(4-11-26)18-34-28(36)22-5-12-27-23(17-22)19-35(20-29(27)13-15-39-16-14-29)25-8-6-24(7-9-25)30(31,32)33/h3-12,17H,2,13-16,18-20H2,1H3,(H,34,36). The summed E-state index contributed by atoms with van der Waals surface area (Å²) in [4.78, 5) is 15.4. The van der Waals surface area contributed by atoms with E-state index in [-0.39, 0.29) is 28.5 Å². The second-order valence-electron chi connectivity index (χ2n) is 10.4. The highest BCUT2D eigenvalue weighted by atomic mass is 32.2. The number of fused-ring (bicyclic) bond motifs is 2. The molecule has 3 aromatic carbocycles. The molecule has 0 aliphatic carbocycles. The van der Waals surface area contributed by atoms with Crippen molar-refractivity contribution in [3.8, 4) is 0 Å². The molecular weight excluding hydrogens is 541 g/mol. The molecule has 3 aromatic rings. The number of amides is 1. The van der Waals surface area contributed by atoms with Crippen LogP contribution in [0.1, 0.15) is 52.4 Å². The lowest BCUT2D eigenvalue weighted by atomic mass is 9.69. The van der Waals surface area contributed by atoms with Crippen molar-refractivity contribution in [3.63, 3.8) is 0 Å². The molecule has 0 bridgehead atoms. The number of sulfone groups is 1. The van der Waals surface area contributed by atoms with Crippen LogP contribution in [0.3, 0.4) is 0 Å². The number of nitrogens with zero attached hydrogens (tertiary/aromatic N) is 1. The predicted molar refractivity (Wildman–Crippen MR) is 146 cm³/mol. The quantitative estimate of drug-likeness (QED) is 0.423. The van der Waals surface area contributed by atoms with Crippen LogP contribution < -0.4 is 10.2 Å². The van der Waals surface area contributed by atoms with Gasteiger partial charge in [0.2, 0.25) is 0 Å². The van der Waals surface area contributed by atoms with Gasteiger partial charge in [0.1, 0.15) is 0 Å². The lowest BCUT2D eigenvalue weighted by Gasteiger charge is -2.47. The molecule has 1 saturated heterocycles. The Kier molecular flexibility index (Phi) is 7.67. The summed E-state index contributed by atoms with van der Waals surface area (Å²) >= 11 is 0. The van der Waals surface area contributed by atoms with Gasteiger partial charge in [-0.15, -0.1) is 0 Å². The molecule has 1 fully saturated rings. The smallest absolute Gasteiger partial charge is 0.381 e. The van der Waals surface area contributed by atoms with E-state index in [4.69, 9.17) is 4.74 Å². The van der Waals surface area contributed by atoms with Gasteiger partial charge < -0.3 is 15.0 Å². The van der Waals surface area contributed by atoms with Crippen molar-refractivity contribution >= 4 is 21.4 Å². The molecule has 1 spiro atoms. The molecule has 1 N–H and O–H groups in total. The first-order valence-corrected chi connectivity index (χ1v) is 14.9. The zero-order chi connectivity index (χ0) is 28.5. The van der Waals surface area contributed by atoms with Crippen molar-refractivity contribution in [1.82, 2.24) is 5.32 Å². The van der Waals surface area contributed by atoms with Gasteiger partial charge in [0, 0.05) is 49.5 Å². The molecule has 10 heteroatoms. The van der Waals surface area contributed by atoms with Gasteiger partial charge in [-0.1, -0.05) is 25.1 Å². The van der Waals surface area contributed by atoms with Gasteiger partial charge in [-0.2, -0.15) is 13.2 Å². The monoisotopic (exact) mass is 572 g/mol. The molecule has 40 heavy (non-hydrogen) atoms. The van der Waals surface area contributed by atoms with E-state index in [1.807, 2.05) is 18.2 Å². The first-order valence-electron chi connectivity index (χ1n) is 13.2. The third kappa shape index (κ3) is 5.74. The Labute approximate surface area is 232 Å². The highest BCUT2D eigenvalue weighted by molar-refractivity contribution is 7.91. The van der Waals surface area contributed by atoms with Crippen molar-refractivity contribution in [3.05, 3.63) is 94.5 Å². The van der Waals surface area contributed by atoms with E-state index in [1.54, 1.807) is 31.2 Å². The van der Waals surface area contributed by atoms with Crippen molar-refractivity contribution < 1.29 is 31.1 Å². The summed E-state index contributed by atoms with van der Waals surface area (Å²) in [5, 5.41) is 2.90. The van der Waals surface area contributed by atoms with Crippen molar-refractivity contribution in [1.29, 1.82) is 0 Å². The first-order chi connectivity index (χ1) is 19.0. The average molecular weight is 573 g/mol. The number of carbonyl (C=O) groups excluding carboxylic acids is 1. The molecule has 2 aliphatic rings. The average Bonchev–Trinajstić information content (AvgIpc) is 2.96. The molecule has 0 aromatic heterocycles. The Bertz CT molecular complexity index is 1480. The minimum atomic E-state index is -4.40. The Hall–Kier alpha value is -3.37. The number of rotatable bonds is 6. The highest BCUT2D eigenvalue weighted by Gasteiger charge is 2.41. The number of anilines is 1. The Balaban J connectivity index is 1.36. The lowest BCUT2D eigenvalue weighted by Crippen LogP contribution is -2.49. The molecule has 6 nitrogen and oxygen atoms in total. The van der Waals surface area contributed by atoms with Gasteiger partial charge in [-0.25, -0.2) is 8.42 Å². The number of nitrogens with one attached hydrogen (secondary N) is 1. The van der Waals surface area contributed by atoms with Gasteiger partial charge in [0.15, 0.2) is 9.84 Å². The second-order valence-corrected chi connectivity index (χ2v) is 12.7. The summed E-state index contributed by atoms with van der Waals surface area (Å²) in [5.74, 6) is -0.243. The lowest BCUT2D eigenvalue weighted by molar-refractivity contribution is -0.137. The SMILES string of the molecule is CCS(=O)(=O)c1ccc(CNC(=O)c2ccc3c(c2)CN(c2ccc(C(F)(F)F)cc2)CC32CCOCC2)cc1. The summed E-state index contributed by atoms with van der Waals surface area (Å²) in [5.41, 5.74) is 3.18. The zero-order valence-electron chi connectivity index (χ0n) is 22.1. The maximum absolute atomic E-state index is 13.1. The third-order valence-corrected chi connectivity index (χ3v) is 9.67. The number of alkyl halides is 3. The molecule has 2 aliphatic heterocycles. The van der Waals surface area contributed by atoms with E-state index < -0.39 is 21.6 Å². The molecule has 0 radical (unpaired) electrons. The van der Waals surface area contributed by atoms with Crippen LogP contribution in [0.25, 0.3) is 0 Å². The Morgan fingerprint density at radius 2 is 1.68 bits per heavy atom. The van der Waals surface area contributed by atoms with Crippen molar-refractivity contribution in [2.75, 3.05) is 30.4 Å². The fourth-order valence-electron chi connectivity index (χ4n) is 5.59. The molecule has 212 valence electrons. The minimum Gasteiger partial charge on any atom is -0.381 e. The summed E-state index contributed by atoms with van der Waals surface area (Å²) in [6.45, 7) is 4.15. The minimum absolute atomic E-state index is 0.0199. The van der Waals surface area contributed by atoms with Crippen LogP contribution in [0.5, 0.6) is 0 Å². The molecule has 0 saturated carbocycles. The molecule has 2 heterocycles. The Morgan fingerprint density at radius 1 is 1.00 bits per heavy atom. The van der Waals surface area contributed by atoms with Crippen LogP contribution in [-0.2, 0) is 39.3 Å². The van der Waals surface area contributed by atoms with Gasteiger partial charge >= 0.3 is 6.18 Å². The fraction of sp³-hybridized carbons (Fsp3) is 0.367. The van der Waals surface area contributed by atoms with Crippen LogP contribution in [0, 0.1) is 0 Å². The van der Waals surface area contributed by atoms with Crippen LogP contribution in [0.15, 0.2) is 71.6 Å². The topological polar surface area (TPSA) is 75.7 Å². The summed E-state index contributed by atoms with van der Waals surface area (Å²) < 4.78 is 69.1. The number of carbonyl (C=O) groups is 1. The molecule has 0 unspecified atom stereocenters. The van der Waals surface area contributed by atoms with Crippen LogP contribution >= 0.6 is 0 Å². The Morgan fingerprint density at radius 3 is 2.30 bits per heavy atom. The summed E-state index contributed by atoms with van der Waals surface area (Å²) in [6.07, 6.45) is -2.83. The third-order valence-electron chi connectivity index (χ3n) is 7.92. The highest BCUT2D eigenvalue weighted by Crippen LogP contribution is 2.43. The van der Waals surface area contributed by atoms with Gasteiger partial charge in [-0.05, 0) is 78.1 Å². The van der Waals surface area contributed by atoms with Crippen LogP contribution in [0.2, 0.25) is 0 Å². The number of hydrogen-bond donors (Lipinski definition) is 1. The van der Waals surface area contributed by atoms with E-state index in [2.05, 4.69) is 10.2 Å². The maximum atomic E-state index is 13.1. The number of benzene rings is 3. The molecule has 5 rings (SSSR count). The number of ether oxygens (including phenoxy) is 1. The number of halogens is 3. The van der Waals surface area contributed by atoms with Crippen molar-refractivity contribution in [2.45, 2.75) is 49.3 Å². The van der Waals surface area contributed by atoms with Crippen molar-refractivity contribution in [2.24, 2.45) is 0 Å². The van der Waals surface area contributed by atoms with E-state index in [9.17, 15) is 26.4 Å². The molecule has 1 amide bonds. The van der Waals surface area contributed by atoms with E-state index in [1.165, 1.54) is 12.1 Å². The van der Waals surface area contributed by atoms with Gasteiger partial charge in [-0.3, -0.25) is 4.79 Å². The predicted octanol–water partition coefficient (Wildman–Crippen LogP) is 5.50. The first kappa shape index (κ1) is 28.2. The summed E-state index contributed by atoms with van der Waals surface area (Å²) in [7, 11) is -3.29. The fourth-order valence-corrected chi connectivity index (χ4v) is 6.48.